The molecule has 114 valence electrons. The van der Waals surface area contributed by atoms with Crippen molar-refractivity contribution in [3.63, 3.8) is 0 Å². The van der Waals surface area contributed by atoms with Crippen LogP contribution in [0.5, 0.6) is 0 Å². The Bertz CT molecular complexity index is 530. The van der Waals surface area contributed by atoms with Crippen LogP contribution in [0.3, 0.4) is 0 Å². The molecule has 1 aliphatic rings. The molecular weight excluding hydrogens is 268 g/mol. The van der Waals surface area contributed by atoms with E-state index in [2.05, 4.69) is 10.2 Å². The molecule has 0 aromatic heterocycles. The van der Waals surface area contributed by atoms with Crippen molar-refractivity contribution in [1.29, 1.82) is 0 Å². The normalized spacial score (nSPS) is 20.2. The number of ketones is 1. The van der Waals surface area contributed by atoms with Crippen molar-refractivity contribution in [3.05, 3.63) is 29.8 Å². The molecule has 2 atom stereocenters. The second-order valence-corrected chi connectivity index (χ2v) is 5.63. The summed E-state index contributed by atoms with van der Waals surface area (Å²) in [6.07, 6.45) is 0.925. The minimum Gasteiger partial charge on any atom is -0.396 e. The average Bonchev–Trinajstić information content (AvgIpc) is 2.95. The molecule has 1 aromatic rings. The van der Waals surface area contributed by atoms with Crippen LogP contribution >= 0.6 is 0 Å². The maximum atomic E-state index is 12.3. The van der Waals surface area contributed by atoms with Crippen LogP contribution in [0.25, 0.3) is 0 Å². The number of carbonyl (C=O) groups excluding carboxylic acids is 2. The van der Waals surface area contributed by atoms with Gasteiger partial charge in [0, 0.05) is 24.4 Å². The van der Waals surface area contributed by atoms with Crippen LogP contribution < -0.4 is 5.32 Å². The third-order valence-corrected chi connectivity index (χ3v) is 4.04. The molecule has 21 heavy (non-hydrogen) atoms. The SMILES string of the molecule is CC(=O)c1cccc(NC(=O)C(C)N2CCC(CO)C2)c1. The summed E-state index contributed by atoms with van der Waals surface area (Å²) >= 11 is 0. The predicted octanol–water partition coefficient (Wildman–Crippen LogP) is 1.53. The Hall–Kier alpha value is -1.72. The molecule has 5 heteroatoms. The van der Waals surface area contributed by atoms with Gasteiger partial charge < -0.3 is 10.4 Å². The van der Waals surface area contributed by atoms with Crippen molar-refractivity contribution >= 4 is 17.4 Å². The quantitative estimate of drug-likeness (QED) is 0.807. The number of rotatable bonds is 5. The Morgan fingerprint density at radius 3 is 2.86 bits per heavy atom. The molecule has 0 radical (unpaired) electrons. The molecule has 5 nitrogen and oxygen atoms in total. The number of nitrogens with one attached hydrogen (secondary N) is 1. The monoisotopic (exact) mass is 290 g/mol. The number of hydrogen-bond donors (Lipinski definition) is 2. The largest absolute Gasteiger partial charge is 0.396 e. The number of hydrogen-bond acceptors (Lipinski definition) is 4. The van der Waals surface area contributed by atoms with Gasteiger partial charge in [-0.25, -0.2) is 0 Å². The van der Waals surface area contributed by atoms with Crippen LogP contribution in [0.15, 0.2) is 24.3 Å². The van der Waals surface area contributed by atoms with Crippen LogP contribution in [0.4, 0.5) is 5.69 Å². The fourth-order valence-corrected chi connectivity index (χ4v) is 2.59. The lowest BCUT2D eigenvalue weighted by Crippen LogP contribution is -2.40. The van der Waals surface area contributed by atoms with Gasteiger partial charge in [-0.2, -0.15) is 0 Å². The zero-order chi connectivity index (χ0) is 15.4. The lowest BCUT2D eigenvalue weighted by molar-refractivity contribution is -0.120. The first-order chi connectivity index (χ1) is 10.0. The van der Waals surface area contributed by atoms with E-state index in [4.69, 9.17) is 5.11 Å². The highest BCUT2D eigenvalue weighted by Crippen LogP contribution is 2.19. The van der Waals surface area contributed by atoms with Gasteiger partial charge >= 0.3 is 0 Å². The number of aliphatic hydroxyl groups excluding tert-OH is 1. The second kappa shape index (κ2) is 6.83. The highest BCUT2D eigenvalue weighted by Gasteiger charge is 2.29. The zero-order valence-electron chi connectivity index (χ0n) is 12.5. The summed E-state index contributed by atoms with van der Waals surface area (Å²) in [5, 5.41) is 12.0. The van der Waals surface area contributed by atoms with E-state index in [-0.39, 0.29) is 30.3 Å². The number of amides is 1. The molecule has 0 spiro atoms. The molecule has 1 fully saturated rings. The van der Waals surface area contributed by atoms with Gasteiger partial charge in [0.15, 0.2) is 5.78 Å². The molecule has 1 amide bonds. The molecule has 2 unspecified atom stereocenters. The third kappa shape index (κ3) is 3.89. The van der Waals surface area contributed by atoms with E-state index >= 15 is 0 Å². The molecule has 2 N–H and O–H groups in total. The van der Waals surface area contributed by atoms with Gasteiger partial charge in [-0.1, -0.05) is 12.1 Å². The molecule has 0 saturated carbocycles. The summed E-state index contributed by atoms with van der Waals surface area (Å²) < 4.78 is 0. The number of Topliss-reactive ketones (excluding diaryl/α,β-unsaturated/α-hetero) is 1. The highest BCUT2D eigenvalue weighted by atomic mass is 16.3. The van der Waals surface area contributed by atoms with Crippen LogP contribution in [0, 0.1) is 5.92 Å². The molecule has 1 aliphatic heterocycles. The summed E-state index contributed by atoms with van der Waals surface area (Å²) in [6, 6.07) is 6.70. The second-order valence-electron chi connectivity index (χ2n) is 5.63. The predicted molar refractivity (Wildman–Crippen MR) is 81.3 cm³/mol. The number of likely N-dealkylation sites (tertiary alicyclic amines) is 1. The number of carbonyl (C=O) groups is 2. The van der Waals surface area contributed by atoms with Crippen molar-refractivity contribution in [2.75, 3.05) is 25.0 Å². The molecular formula is C16H22N2O3. The average molecular weight is 290 g/mol. The maximum absolute atomic E-state index is 12.3. The first-order valence-electron chi connectivity index (χ1n) is 7.28. The van der Waals surface area contributed by atoms with E-state index in [0.717, 1.165) is 19.5 Å². The van der Waals surface area contributed by atoms with E-state index in [1.165, 1.54) is 6.92 Å². The van der Waals surface area contributed by atoms with Gasteiger partial charge in [-0.15, -0.1) is 0 Å². The number of aliphatic hydroxyl groups is 1. The topological polar surface area (TPSA) is 69.6 Å². The first-order valence-corrected chi connectivity index (χ1v) is 7.28. The third-order valence-electron chi connectivity index (χ3n) is 4.04. The van der Waals surface area contributed by atoms with Crippen LogP contribution in [0.1, 0.15) is 30.6 Å². The van der Waals surface area contributed by atoms with Crippen LogP contribution in [0.2, 0.25) is 0 Å². The number of anilines is 1. The van der Waals surface area contributed by atoms with E-state index in [1.807, 2.05) is 6.92 Å². The maximum Gasteiger partial charge on any atom is 0.241 e. The molecule has 1 saturated heterocycles. The van der Waals surface area contributed by atoms with Crippen molar-refractivity contribution in [3.8, 4) is 0 Å². The Balaban J connectivity index is 1.98. The molecule has 0 aliphatic carbocycles. The first kappa shape index (κ1) is 15.7. The summed E-state index contributed by atoms with van der Waals surface area (Å²) in [5.74, 6) is 0.153. The van der Waals surface area contributed by atoms with Gasteiger partial charge in [0.2, 0.25) is 5.91 Å². The number of nitrogens with zero attached hydrogens (tertiary/aromatic N) is 1. The smallest absolute Gasteiger partial charge is 0.241 e. The van der Waals surface area contributed by atoms with E-state index in [0.29, 0.717) is 11.3 Å². The number of benzene rings is 1. The van der Waals surface area contributed by atoms with E-state index < -0.39 is 0 Å². The Morgan fingerprint density at radius 1 is 1.48 bits per heavy atom. The minimum absolute atomic E-state index is 0.0236. The molecule has 0 bridgehead atoms. The lowest BCUT2D eigenvalue weighted by atomic mass is 10.1. The minimum atomic E-state index is -0.248. The van der Waals surface area contributed by atoms with Gasteiger partial charge in [0.25, 0.3) is 0 Å². The van der Waals surface area contributed by atoms with Crippen molar-refractivity contribution in [2.45, 2.75) is 26.3 Å². The van der Waals surface area contributed by atoms with Gasteiger partial charge in [-0.3, -0.25) is 14.5 Å². The molecule has 1 heterocycles. The van der Waals surface area contributed by atoms with Gasteiger partial charge in [0.05, 0.1) is 6.04 Å². The fourth-order valence-electron chi connectivity index (χ4n) is 2.59. The van der Waals surface area contributed by atoms with Gasteiger partial charge in [0.1, 0.15) is 0 Å². The van der Waals surface area contributed by atoms with Crippen molar-refractivity contribution < 1.29 is 14.7 Å². The van der Waals surface area contributed by atoms with Gasteiger partial charge in [-0.05, 0) is 44.9 Å². The highest BCUT2D eigenvalue weighted by molar-refractivity contribution is 5.98. The van der Waals surface area contributed by atoms with Crippen LogP contribution in [-0.4, -0.2) is 47.4 Å². The zero-order valence-corrected chi connectivity index (χ0v) is 12.5. The molecule has 1 aromatic carbocycles. The summed E-state index contributed by atoms with van der Waals surface area (Å²) in [7, 11) is 0. The fraction of sp³-hybridized carbons (Fsp3) is 0.500. The summed E-state index contributed by atoms with van der Waals surface area (Å²) in [6.45, 7) is 5.12. The van der Waals surface area contributed by atoms with E-state index in [9.17, 15) is 9.59 Å². The van der Waals surface area contributed by atoms with Crippen LogP contribution in [-0.2, 0) is 4.79 Å². The Morgan fingerprint density at radius 2 is 2.24 bits per heavy atom. The lowest BCUT2D eigenvalue weighted by Gasteiger charge is -2.23. The van der Waals surface area contributed by atoms with Crippen molar-refractivity contribution in [2.24, 2.45) is 5.92 Å². The van der Waals surface area contributed by atoms with Crippen molar-refractivity contribution in [1.82, 2.24) is 4.90 Å². The molecule has 2 rings (SSSR count). The summed E-state index contributed by atoms with van der Waals surface area (Å²) in [4.78, 5) is 25.7. The Kier molecular flexibility index (Phi) is 5.09. The van der Waals surface area contributed by atoms with E-state index in [1.54, 1.807) is 24.3 Å². The summed E-state index contributed by atoms with van der Waals surface area (Å²) in [5.41, 5.74) is 1.22. The Labute approximate surface area is 125 Å². The standard InChI is InChI=1S/C16H22N2O3/c1-11(18-7-6-13(9-18)10-19)16(21)17-15-5-3-4-14(8-15)12(2)20/h3-5,8,11,13,19H,6-7,9-10H2,1-2H3,(H,17,21).